The fourth-order valence-electron chi connectivity index (χ4n) is 4.40. The number of likely N-dealkylation sites (tertiary alicyclic amines) is 1. The summed E-state index contributed by atoms with van der Waals surface area (Å²) >= 11 is 0. The Morgan fingerprint density at radius 3 is 2.62 bits per heavy atom. The minimum Gasteiger partial charge on any atom is -0.465 e. The molecular weight excluding hydrogens is 434 g/mol. The molecule has 0 aliphatic carbocycles. The fourth-order valence-corrected chi connectivity index (χ4v) is 4.40. The molecule has 0 spiro atoms. The third-order valence-electron chi connectivity index (χ3n) is 6.26. The number of carbonyl (C=O) groups is 2. The number of hydrogen-bond acceptors (Lipinski definition) is 6. The van der Waals surface area contributed by atoms with E-state index in [2.05, 4.69) is 36.4 Å². The zero-order valence-electron chi connectivity index (χ0n) is 20.3. The number of ether oxygens (including phenoxy) is 1. The first-order valence-electron chi connectivity index (χ1n) is 11.6. The summed E-state index contributed by atoms with van der Waals surface area (Å²) in [5.74, 6) is 1.71. The second-order valence-corrected chi connectivity index (χ2v) is 9.81. The Balaban J connectivity index is 1.54. The molecule has 1 aliphatic heterocycles. The molecule has 1 fully saturated rings. The summed E-state index contributed by atoms with van der Waals surface area (Å²) in [6.07, 6.45) is 3.29. The van der Waals surface area contributed by atoms with Gasteiger partial charge in [-0.15, -0.1) is 0 Å². The largest absolute Gasteiger partial charge is 0.465 e. The smallest absolute Gasteiger partial charge is 0.407 e. The maximum atomic E-state index is 12.6. The number of anilines is 3. The first-order chi connectivity index (χ1) is 16.1. The average molecular weight is 470 g/mol. The number of nitrogens with one attached hydrogen (secondary N) is 2. The summed E-state index contributed by atoms with van der Waals surface area (Å²) in [6, 6.07) is 8.69. The van der Waals surface area contributed by atoms with E-state index in [4.69, 9.17) is 10.5 Å². The van der Waals surface area contributed by atoms with Crippen LogP contribution in [-0.2, 0) is 4.79 Å². The van der Waals surface area contributed by atoms with Gasteiger partial charge in [0.15, 0.2) is 0 Å². The lowest BCUT2D eigenvalue weighted by atomic mass is 9.76. The fraction of sp³-hybridized carbons (Fsp3) is 0.480. The highest BCUT2D eigenvalue weighted by Gasteiger charge is 2.38. The summed E-state index contributed by atoms with van der Waals surface area (Å²) in [5, 5.41) is 15.4. The topological polar surface area (TPSA) is 130 Å². The monoisotopic (exact) mass is 469 g/mol. The van der Waals surface area contributed by atoms with Gasteiger partial charge in [0.25, 0.3) is 0 Å². The van der Waals surface area contributed by atoms with Crippen LogP contribution in [0, 0.1) is 11.3 Å². The lowest BCUT2D eigenvalue weighted by Gasteiger charge is -2.44. The Labute approximate surface area is 200 Å². The van der Waals surface area contributed by atoms with Gasteiger partial charge < -0.3 is 31.1 Å². The molecule has 1 saturated heterocycles. The van der Waals surface area contributed by atoms with Crippen molar-refractivity contribution in [1.82, 2.24) is 9.88 Å². The molecule has 2 atom stereocenters. The van der Waals surface area contributed by atoms with Crippen LogP contribution in [0.15, 0.2) is 36.5 Å². The predicted molar refractivity (Wildman–Crippen MR) is 133 cm³/mol. The van der Waals surface area contributed by atoms with Crippen molar-refractivity contribution in [1.29, 1.82) is 0 Å². The summed E-state index contributed by atoms with van der Waals surface area (Å²) in [6.45, 7) is 6.69. The van der Waals surface area contributed by atoms with E-state index in [1.807, 2.05) is 6.07 Å². The van der Waals surface area contributed by atoms with Gasteiger partial charge >= 0.3 is 6.09 Å². The van der Waals surface area contributed by atoms with Crippen molar-refractivity contribution >= 4 is 29.2 Å². The van der Waals surface area contributed by atoms with Gasteiger partial charge in [-0.1, -0.05) is 20.8 Å². The van der Waals surface area contributed by atoms with Crippen molar-refractivity contribution < 1.29 is 19.4 Å². The van der Waals surface area contributed by atoms with E-state index in [1.165, 1.54) is 0 Å². The molecule has 9 nitrogen and oxygen atoms in total. The standard InChI is InChI=1S/C25H35N5O4/c1-25(2,3)21-13-16(10-12-30(21)24(32)33)5-8-23(31)29-22-15-18(9-11-28-22)34-17-6-7-20(27-4)19(26)14-17/h6-7,9,11,14-16,21,27H,5,8,10,12-13,26H2,1-4H3,(H,32,33)(H,28,29,31). The lowest BCUT2D eigenvalue weighted by Crippen LogP contribution is -2.51. The van der Waals surface area contributed by atoms with Crippen LogP contribution in [0.4, 0.5) is 22.0 Å². The molecule has 9 heteroatoms. The quantitative estimate of drug-likeness (QED) is 0.419. The van der Waals surface area contributed by atoms with Crippen LogP contribution >= 0.6 is 0 Å². The van der Waals surface area contributed by atoms with Crippen LogP contribution in [0.3, 0.4) is 0 Å². The van der Waals surface area contributed by atoms with Crippen LogP contribution < -0.4 is 21.1 Å². The number of amides is 2. The molecule has 2 amide bonds. The van der Waals surface area contributed by atoms with Gasteiger partial charge in [-0.3, -0.25) is 4.79 Å². The number of piperidine rings is 1. The molecule has 2 unspecified atom stereocenters. The zero-order chi connectivity index (χ0) is 24.9. The minimum absolute atomic E-state index is 0.0569. The van der Waals surface area contributed by atoms with Crippen LogP contribution in [0.5, 0.6) is 11.5 Å². The number of nitrogen functional groups attached to an aromatic ring is 1. The Bertz CT molecular complexity index is 1020. The molecule has 5 N–H and O–H groups in total. The Hall–Kier alpha value is -3.49. The van der Waals surface area contributed by atoms with Gasteiger partial charge in [0.05, 0.1) is 11.4 Å². The molecule has 0 radical (unpaired) electrons. The number of carboxylic acid groups (broad SMARTS) is 1. The second kappa shape index (κ2) is 10.6. The van der Waals surface area contributed by atoms with E-state index in [9.17, 15) is 14.7 Å². The molecule has 34 heavy (non-hydrogen) atoms. The summed E-state index contributed by atoms with van der Waals surface area (Å²) in [5.41, 5.74) is 7.23. The Kier molecular flexibility index (Phi) is 7.86. The van der Waals surface area contributed by atoms with E-state index in [1.54, 1.807) is 42.4 Å². The number of benzene rings is 1. The molecule has 0 bridgehead atoms. The molecule has 0 saturated carbocycles. The molecular formula is C25H35N5O4. The lowest BCUT2D eigenvalue weighted by molar-refractivity contribution is -0.116. The third-order valence-corrected chi connectivity index (χ3v) is 6.26. The van der Waals surface area contributed by atoms with Crippen molar-refractivity contribution in [2.45, 2.75) is 52.5 Å². The van der Waals surface area contributed by atoms with E-state index >= 15 is 0 Å². The SMILES string of the molecule is CNc1ccc(Oc2ccnc(NC(=O)CCC3CCN(C(=O)O)C(C(C)(C)C)C3)c2)cc1N. The number of pyridine rings is 1. The van der Waals surface area contributed by atoms with Crippen LogP contribution in [0.1, 0.15) is 46.5 Å². The first-order valence-corrected chi connectivity index (χ1v) is 11.6. The number of nitrogens with two attached hydrogens (primary N) is 1. The third kappa shape index (κ3) is 6.52. The molecule has 2 aromatic rings. The average Bonchev–Trinajstić information content (AvgIpc) is 2.77. The number of rotatable bonds is 7. The number of hydrogen-bond donors (Lipinski definition) is 4. The van der Waals surface area contributed by atoms with Gasteiger partial charge in [0.1, 0.15) is 17.3 Å². The van der Waals surface area contributed by atoms with Crippen LogP contribution in [0.2, 0.25) is 0 Å². The number of nitrogens with zero attached hydrogens (tertiary/aromatic N) is 2. The molecule has 1 aliphatic rings. The number of carbonyl (C=O) groups excluding carboxylic acids is 1. The molecule has 2 heterocycles. The van der Waals surface area contributed by atoms with Gasteiger partial charge in [0, 0.05) is 44.4 Å². The van der Waals surface area contributed by atoms with E-state index in [-0.39, 0.29) is 17.4 Å². The van der Waals surface area contributed by atoms with E-state index in [0.717, 1.165) is 18.5 Å². The summed E-state index contributed by atoms with van der Waals surface area (Å²) in [7, 11) is 1.80. The Morgan fingerprint density at radius 2 is 1.97 bits per heavy atom. The van der Waals surface area contributed by atoms with Gasteiger partial charge in [-0.05, 0) is 48.8 Å². The van der Waals surface area contributed by atoms with Gasteiger partial charge in [-0.25, -0.2) is 9.78 Å². The van der Waals surface area contributed by atoms with Crippen LogP contribution in [0.25, 0.3) is 0 Å². The normalized spacial score (nSPS) is 18.3. The number of aromatic nitrogens is 1. The zero-order valence-corrected chi connectivity index (χ0v) is 20.3. The van der Waals surface area contributed by atoms with Crippen molar-refractivity contribution in [3.05, 3.63) is 36.5 Å². The highest BCUT2D eigenvalue weighted by molar-refractivity contribution is 5.89. The summed E-state index contributed by atoms with van der Waals surface area (Å²) < 4.78 is 5.86. The van der Waals surface area contributed by atoms with Crippen molar-refractivity contribution in [3.63, 3.8) is 0 Å². The minimum atomic E-state index is -0.870. The van der Waals surface area contributed by atoms with Crippen molar-refractivity contribution in [3.8, 4) is 11.5 Å². The maximum absolute atomic E-state index is 12.6. The highest BCUT2D eigenvalue weighted by atomic mass is 16.5. The predicted octanol–water partition coefficient (Wildman–Crippen LogP) is 5.02. The van der Waals surface area contributed by atoms with Crippen molar-refractivity contribution in [2.24, 2.45) is 11.3 Å². The molecule has 1 aromatic heterocycles. The first kappa shape index (κ1) is 25.1. The van der Waals surface area contributed by atoms with Gasteiger partial charge in [-0.2, -0.15) is 0 Å². The van der Waals surface area contributed by atoms with E-state index < -0.39 is 6.09 Å². The van der Waals surface area contributed by atoms with E-state index in [0.29, 0.717) is 48.3 Å². The Morgan fingerprint density at radius 1 is 1.24 bits per heavy atom. The molecule has 184 valence electrons. The maximum Gasteiger partial charge on any atom is 0.407 e. The molecule has 1 aromatic carbocycles. The highest BCUT2D eigenvalue weighted by Crippen LogP contribution is 2.36. The van der Waals surface area contributed by atoms with Crippen LogP contribution in [-0.4, -0.2) is 46.6 Å². The summed E-state index contributed by atoms with van der Waals surface area (Å²) in [4.78, 5) is 29.9. The molecule has 3 rings (SSSR count). The van der Waals surface area contributed by atoms with Gasteiger partial charge in [0.2, 0.25) is 5.91 Å². The van der Waals surface area contributed by atoms with Crippen molar-refractivity contribution in [2.75, 3.05) is 30.0 Å². The second-order valence-electron chi connectivity index (χ2n) is 9.81.